The smallest absolute Gasteiger partial charge is 0.119 e. The van der Waals surface area contributed by atoms with E-state index in [0.29, 0.717) is 12.7 Å². The van der Waals surface area contributed by atoms with E-state index in [0.717, 1.165) is 11.5 Å². The molecule has 0 saturated heterocycles. The standard InChI is InChI=1S/C23H24O.C19H22O/c1-23(2,3)21-13-9-19(10-14-21)20-11-15-22(16-12-20)24-17-18-7-5-4-6-8-18;1-19(2,3)16-8-4-14(5-9-16)15-6-10-17(11-7-15)20-18-12-13-18/h4-16H,17H2,1-3H3;4-11,18H,12-13H2,1-3H3. The average Bonchev–Trinajstić information content (AvgIpc) is 3.85. The van der Waals surface area contributed by atoms with Gasteiger partial charge in [-0.15, -0.1) is 0 Å². The van der Waals surface area contributed by atoms with Gasteiger partial charge in [0.1, 0.15) is 18.1 Å². The Hall–Kier alpha value is -4.30. The lowest BCUT2D eigenvalue weighted by atomic mass is 9.86. The molecule has 1 aliphatic rings. The van der Waals surface area contributed by atoms with Crippen LogP contribution in [0.1, 0.15) is 71.1 Å². The molecule has 0 amide bonds. The van der Waals surface area contributed by atoms with Gasteiger partial charge in [-0.1, -0.05) is 145 Å². The van der Waals surface area contributed by atoms with E-state index in [1.165, 1.54) is 51.8 Å². The molecular weight excluding hydrogens is 536 g/mol. The molecule has 1 saturated carbocycles. The Labute approximate surface area is 264 Å². The van der Waals surface area contributed by atoms with Crippen molar-refractivity contribution >= 4 is 0 Å². The van der Waals surface area contributed by atoms with Crippen LogP contribution in [0, 0.1) is 0 Å². The lowest BCUT2D eigenvalue weighted by Gasteiger charge is -2.19. The summed E-state index contributed by atoms with van der Waals surface area (Å²) in [6, 6.07) is 44.7. The Morgan fingerprint density at radius 3 is 1.25 bits per heavy atom. The molecule has 0 spiro atoms. The molecule has 2 heteroatoms. The van der Waals surface area contributed by atoms with Crippen LogP contribution in [-0.4, -0.2) is 6.10 Å². The Morgan fingerprint density at radius 1 is 0.477 bits per heavy atom. The van der Waals surface area contributed by atoms with Crippen LogP contribution in [0.15, 0.2) is 127 Å². The fourth-order valence-corrected chi connectivity index (χ4v) is 4.91. The van der Waals surface area contributed by atoms with Gasteiger partial charge in [0.15, 0.2) is 0 Å². The summed E-state index contributed by atoms with van der Waals surface area (Å²) in [5.74, 6) is 1.89. The molecule has 0 aromatic heterocycles. The minimum Gasteiger partial charge on any atom is -0.490 e. The summed E-state index contributed by atoms with van der Waals surface area (Å²) in [5.41, 5.74) is 9.25. The van der Waals surface area contributed by atoms with Crippen molar-refractivity contribution in [2.45, 2.75) is 77.9 Å². The first-order chi connectivity index (χ1) is 21.0. The van der Waals surface area contributed by atoms with Gasteiger partial charge in [0.25, 0.3) is 0 Å². The highest BCUT2D eigenvalue weighted by molar-refractivity contribution is 5.65. The van der Waals surface area contributed by atoms with Gasteiger partial charge in [-0.05, 0) is 86.9 Å². The van der Waals surface area contributed by atoms with Crippen molar-refractivity contribution < 1.29 is 9.47 Å². The predicted octanol–water partition coefficient (Wildman–Crippen LogP) is 11.4. The third-order valence-electron chi connectivity index (χ3n) is 7.95. The van der Waals surface area contributed by atoms with E-state index < -0.39 is 0 Å². The Balaban J connectivity index is 0.000000177. The molecule has 2 nitrogen and oxygen atoms in total. The maximum atomic E-state index is 5.85. The van der Waals surface area contributed by atoms with Crippen molar-refractivity contribution in [3.63, 3.8) is 0 Å². The van der Waals surface area contributed by atoms with E-state index in [1.807, 2.05) is 30.3 Å². The molecule has 1 fully saturated rings. The number of benzene rings is 5. The second kappa shape index (κ2) is 13.6. The first-order valence-electron chi connectivity index (χ1n) is 15.8. The molecule has 0 bridgehead atoms. The first kappa shape index (κ1) is 31.1. The number of hydrogen-bond donors (Lipinski definition) is 0. The largest absolute Gasteiger partial charge is 0.490 e. The summed E-state index contributed by atoms with van der Waals surface area (Å²) in [6.45, 7) is 14.0. The summed E-state index contributed by atoms with van der Waals surface area (Å²) in [4.78, 5) is 0. The lowest BCUT2D eigenvalue weighted by Crippen LogP contribution is -2.10. The van der Waals surface area contributed by atoms with Crippen LogP contribution in [0.5, 0.6) is 11.5 Å². The van der Waals surface area contributed by atoms with Gasteiger partial charge in [-0.3, -0.25) is 0 Å². The summed E-state index contributed by atoms with van der Waals surface area (Å²) in [6.07, 6.45) is 2.87. The highest BCUT2D eigenvalue weighted by Crippen LogP contribution is 2.30. The molecule has 1 aliphatic carbocycles. The highest BCUT2D eigenvalue weighted by Gasteiger charge is 2.23. The quantitative estimate of drug-likeness (QED) is 0.190. The number of rotatable bonds is 7. The molecule has 0 N–H and O–H groups in total. The van der Waals surface area contributed by atoms with Crippen molar-refractivity contribution in [2.75, 3.05) is 0 Å². The van der Waals surface area contributed by atoms with E-state index in [9.17, 15) is 0 Å². The minimum absolute atomic E-state index is 0.188. The summed E-state index contributed by atoms with van der Waals surface area (Å²) >= 11 is 0. The topological polar surface area (TPSA) is 18.5 Å². The summed E-state index contributed by atoms with van der Waals surface area (Å²) in [5, 5.41) is 0. The van der Waals surface area contributed by atoms with Gasteiger partial charge in [0.2, 0.25) is 0 Å². The normalized spacial score (nSPS) is 13.0. The second-order valence-corrected chi connectivity index (χ2v) is 13.8. The van der Waals surface area contributed by atoms with Gasteiger partial charge in [0.05, 0.1) is 6.10 Å². The minimum atomic E-state index is 0.188. The van der Waals surface area contributed by atoms with Crippen molar-refractivity contribution in [1.82, 2.24) is 0 Å². The fraction of sp³-hybridized carbons (Fsp3) is 0.286. The van der Waals surface area contributed by atoms with E-state index in [4.69, 9.17) is 9.47 Å². The maximum Gasteiger partial charge on any atom is 0.119 e. The molecule has 0 atom stereocenters. The molecule has 0 heterocycles. The molecule has 6 rings (SSSR count). The molecular formula is C42H46O2. The number of ether oxygens (including phenoxy) is 2. The Bertz CT molecular complexity index is 1580. The van der Waals surface area contributed by atoms with Crippen LogP contribution in [0.25, 0.3) is 22.3 Å². The molecule has 226 valence electrons. The van der Waals surface area contributed by atoms with Crippen molar-refractivity contribution in [1.29, 1.82) is 0 Å². The molecule has 44 heavy (non-hydrogen) atoms. The SMILES string of the molecule is CC(C)(C)c1ccc(-c2ccc(OC3CC3)cc2)cc1.CC(C)(C)c1ccc(-c2ccc(OCc3ccccc3)cc2)cc1. The predicted molar refractivity (Wildman–Crippen MR) is 186 cm³/mol. The molecule has 5 aromatic rings. The van der Waals surface area contributed by atoms with E-state index in [1.54, 1.807) is 0 Å². The van der Waals surface area contributed by atoms with Crippen LogP contribution < -0.4 is 9.47 Å². The van der Waals surface area contributed by atoms with Crippen LogP contribution in [-0.2, 0) is 17.4 Å². The third-order valence-corrected chi connectivity index (χ3v) is 7.95. The van der Waals surface area contributed by atoms with Gasteiger partial charge < -0.3 is 9.47 Å². The Kier molecular flexibility index (Phi) is 9.59. The zero-order valence-corrected chi connectivity index (χ0v) is 27.1. The van der Waals surface area contributed by atoms with Gasteiger partial charge >= 0.3 is 0 Å². The molecule has 0 unspecified atom stereocenters. The Morgan fingerprint density at radius 2 is 0.864 bits per heavy atom. The van der Waals surface area contributed by atoms with Gasteiger partial charge in [0, 0.05) is 0 Å². The molecule has 5 aromatic carbocycles. The highest BCUT2D eigenvalue weighted by atomic mass is 16.5. The van der Waals surface area contributed by atoms with Crippen molar-refractivity contribution in [3.05, 3.63) is 144 Å². The zero-order chi connectivity index (χ0) is 31.2. The average molecular weight is 583 g/mol. The van der Waals surface area contributed by atoms with Crippen LogP contribution in [0.4, 0.5) is 0 Å². The third kappa shape index (κ3) is 8.86. The molecule has 0 radical (unpaired) electrons. The zero-order valence-electron chi connectivity index (χ0n) is 27.1. The maximum absolute atomic E-state index is 5.85. The first-order valence-corrected chi connectivity index (χ1v) is 15.8. The van der Waals surface area contributed by atoms with Crippen molar-refractivity contribution in [3.8, 4) is 33.8 Å². The van der Waals surface area contributed by atoms with E-state index in [2.05, 4.69) is 139 Å². The van der Waals surface area contributed by atoms with Gasteiger partial charge in [-0.2, -0.15) is 0 Å². The van der Waals surface area contributed by atoms with Crippen molar-refractivity contribution in [2.24, 2.45) is 0 Å². The van der Waals surface area contributed by atoms with Crippen LogP contribution in [0.3, 0.4) is 0 Å². The fourth-order valence-electron chi connectivity index (χ4n) is 4.91. The monoisotopic (exact) mass is 582 g/mol. The second-order valence-electron chi connectivity index (χ2n) is 13.8. The van der Waals surface area contributed by atoms with E-state index >= 15 is 0 Å². The number of hydrogen-bond acceptors (Lipinski definition) is 2. The summed E-state index contributed by atoms with van der Waals surface area (Å²) < 4.78 is 11.6. The van der Waals surface area contributed by atoms with E-state index in [-0.39, 0.29) is 10.8 Å². The molecule has 0 aliphatic heterocycles. The summed E-state index contributed by atoms with van der Waals surface area (Å²) in [7, 11) is 0. The lowest BCUT2D eigenvalue weighted by molar-refractivity contribution is 0.303. The van der Waals surface area contributed by atoms with Crippen LogP contribution >= 0.6 is 0 Å². The van der Waals surface area contributed by atoms with Crippen LogP contribution in [0.2, 0.25) is 0 Å². The van der Waals surface area contributed by atoms with Gasteiger partial charge in [-0.25, -0.2) is 0 Å².